The van der Waals surface area contributed by atoms with Gasteiger partial charge in [-0.05, 0) is 22.3 Å². The van der Waals surface area contributed by atoms with Crippen LogP contribution < -0.4 is 10.4 Å². The van der Waals surface area contributed by atoms with E-state index in [1.54, 1.807) is 0 Å². The largest absolute Gasteiger partial charge is 0.401 e. The molecule has 0 fully saturated rings. The van der Waals surface area contributed by atoms with Crippen LogP contribution in [0.5, 0.6) is 0 Å². The van der Waals surface area contributed by atoms with E-state index < -0.39 is 14.4 Å². The summed E-state index contributed by atoms with van der Waals surface area (Å²) in [5.41, 5.74) is 0.172. The Labute approximate surface area is 175 Å². The molecule has 1 N–H and O–H groups in total. The summed E-state index contributed by atoms with van der Waals surface area (Å²) in [6.07, 6.45) is 3.50. The van der Waals surface area contributed by atoms with Crippen molar-refractivity contribution >= 4 is 25.0 Å². The summed E-state index contributed by atoms with van der Waals surface area (Å²) in [6.45, 7) is 12.2. The van der Waals surface area contributed by atoms with Gasteiger partial charge < -0.3 is 9.53 Å². The molecule has 0 aliphatic rings. The van der Waals surface area contributed by atoms with Crippen LogP contribution in [-0.2, 0) is 9.22 Å². The molecule has 0 amide bonds. The summed E-state index contributed by atoms with van der Waals surface area (Å²) < 4.78 is 7.02. The van der Waals surface area contributed by atoms with Crippen molar-refractivity contribution in [1.29, 1.82) is 0 Å². The van der Waals surface area contributed by atoms with E-state index in [0.29, 0.717) is 6.29 Å². The second-order valence-electron chi connectivity index (χ2n) is 8.29. The quantitative estimate of drug-likeness (QED) is 0.295. The Bertz CT molecular complexity index is 783. The van der Waals surface area contributed by atoms with Crippen LogP contribution in [0.25, 0.3) is 0 Å². The van der Waals surface area contributed by atoms with Crippen LogP contribution in [0.2, 0.25) is 5.04 Å². The molecule has 4 heteroatoms. The molecule has 0 radical (unpaired) electrons. The fourth-order valence-electron chi connectivity index (χ4n) is 3.75. The highest BCUT2D eigenvalue weighted by Gasteiger charge is 2.51. The van der Waals surface area contributed by atoms with Gasteiger partial charge in [-0.25, -0.2) is 0 Å². The SMILES string of the molecule is C=C(C=O)C(O)CC(/C=C/C)O[Si](c1ccccc1)(c1ccccc1)C(C)(C)C. The number of hydrogen-bond acceptors (Lipinski definition) is 3. The van der Waals surface area contributed by atoms with Crippen molar-refractivity contribution in [2.45, 2.75) is 51.4 Å². The summed E-state index contributed by atoms with van der Waals surface area (Å²) in [4.78, 5) is 11.1. The standard InChI is InChI=1S/C25H32O3Si/c1-6-13-21(18-24(27)20(2)19-26)28-29(25(3,4)5,22-14-9-7-10-15-22)23-16-11-8-12-17-23/h6-17,19,21,24,27H,2,18H2,1,3-5H3/b13-6+. The number of hydrogen-bond donors (Lipinski definition) is 1. The van der Waals surface area contributed by atoms with Gasteiger partial charge >= 0.3 is 0 Å². The van der Waals surface area contributed by atoms with Crippen molar-refractivity contribution in [3.8, 4) is 0 Å². The highest BCUT2D eigenvalue weighted by Crippen LogP contribution is 2.38. The van der Waals surface area contributed by atoms with E-state index in [0.717, 1.165) is 0 Å². The maximum atomic E-state index is 11.1. The molecule has 0 saturated heterocycles. The summed E-state index contributed by atoms with van der Waals surface area (Å²) in [6, 6.07) is 20.7. The van der Waals surface area contributed by atoms with Crippen molar-refractivity contribution in [3.05, 3.63) is 85.0 Å². The lowest BCUT2D eigenvalue weighted by Crippen LogP contribution is -2.67. The molecular formula is C25H32O3Si. The number of carbonyl (C=O) groups excluding carboxylic acids is 1. The zero-order valence-corrected chi connectivity index (χ0v) is 18.8. The molecule has 0 spiro atoms. The molecule has 0 heterocycles. The molecule has 0 aliphatic carbocycles. The number of allylic oxidation sites excluding steroid dienone is 1. The predicted molar refractivity (Wildman–Crippen MR) is 123 cm³/mol. The highest BCUT2D eigenvalue weighted by atomic mass is 28.4. The fourth-order valence-corrected chi connectivity index (χ4v) is 8.39. The summed E-state index contributed by atoms with van der Waals surface area (Å²) in [5.74, 6) is 0. The first-order valence-electron chi connectivity index (χ1n) is 10.00. The molecule has 29 heavy (non-hydrogen) atoms. The maximum Gasteiger partial charge on any atom is 0.261 e. The minimum atomic E-state index is -2.74. The van der Waals surface area contributed by atoms with E-state index in [2.05, 4.69) is 51.6 Å². The average molecular weight is 409 g/mol. The Balaban J connectivity index is 2.62. The summed E-state index contributed by atoms with van der Waals surface area (Å²) in [7, 11) is -2.74. The molecule has 3 nitrogen and oxygen atoms in total. The van der Waals surface area contributed by atoms with Crippen LogP contribution in [-0.4, -0.2) is 31.9 Å². The van der Waals surface area contributed by atoms with Gasteiger partial charge in [0, 0.05) is 12.0 Å². The van der Waals surface area contributed by atoms with Gasteiger partial charge in [0.05, 0.1) is 12.2 Å². The average Bonchev–Trinajstić information content (AvgIpc) is 2.71. The molecule has 2 rings (SSSR count). The Morgan fingerprint density at radius 2 is 1.55 bits per heavy atom. The Hall–Kier alpha value is -2.27. The molecule has 2 aromatic rings. The van der Waals surface area contributed by atoms with E-state index >= 15 is 0 Å². The molecule has 0 bridgehead atoms. The van der Waals surface area contributed by atoms with Gasteiger partial charge in [0.15, 0.2) is 0 Å². The Kier molecular flexibility index (Phi) is 7.91. The first-order valence-corrected chi connectivity index (χ1v) is 11.9. The molecule has 0 aliphatic heterocycles. The monoisotopic (exact) mass is 408 g/mol. The fraction of sp³-hybridized carbons (Fsp3) is 0.320. The second-order valence-corrected chi connectivity index (χ2v) is 12.5. The van der Waals surface area contributed by atoms with Gasteiger partial charge in [-0.3, -0.25) is 4.79 Å². The molecule has 154 valence electrons. The van der Waals surface area contributed by atoms with Gasteiger partial charge in [-0.1, -0.05) is 100 Å². The summed E-state index contributed by atoms with van der Waals surface area (Å²) in [5, 5.41) is 12.6. The third-order valence-corrected chi connectivity index (χ3v) is 10.2. The van der Waals surface area contributed by atoms with Crippen LogP contribution in [0.1, 0.15) is 34.1 Å². The van der Waals surface area contributed by atoms with Crippen molar-refractivity contribution in [3.63, 3.8) is 0 Å². The van der Waals surface area contributed by atoms with E-state index in [9.17, 15) is 9.90 Å². The number of aldehydes is 1. The maximum absolute atomic E-state index is 11.1. The minimum Gasteiger partial charge on any atom is -0.401 e. The lowest BCUT2D eigenvalue weighted by atomic mass is 10.1. The molecule has 2 unspecified atom stereocenters. The molecule has 0 aromatic heterocycles. The van der Waals surface area contributed by atoms with Gasteiger partial charge in [-0.15, -0.1) is 0 Å². The van der Waals surface area contributed by atoms with Gasteiger partial charge in [-0.2, -0.15) is 0 Å². The lowest BCUT2D eigenvalue weighted by Gasteiger charge is -2.45. The third kappa shape index (κ3) is 5.21. The Morgan fingerprint density at radius 1 is 1.07 bits per heavy atom. The molecule has 2 atom stereocenters. The Morgan fingerprint density at radius 3 is 1.93 bits per heavy atom. The third-order valence-electron chi connectivity index (χ3n) is 5.19. The van der Waals surface area contributed by atoms with E-state index in [1.807, 2.05) is 55.5 Å². The molecular weight excluding hydrogens is 376 g/mol. The molecule has 0 saturated carbocycles. The number of rotatable bonds is 9. The minimum absolute atomic E-state index is 0.165. The number of aliphatic hydroxyl groups is 1. The predicted octanol–water partition coefficient (Wildman–Crippen LogP) is 4.01. The molecule has 2 aromatic carbocycles. The number of aliphatic hydroxyl groups excluding tert-OH is 1. The van der Waals surface area contributed by atoms with Crippen LogP contribution in [0, 0.1) is 0 Å². The van der Waals surface area contributed by atoms with Crippen LogP contribution >= 0.6 is 0 Å². The second kappa shape index (κ2) is 9.97. The zero-order valence-electron chi connectivity index (χ0n) is 17.8. The van der Waals surface area contributed by atoms with E-state index in [-0.39, 0.29) is 23.1 Å². The highest BCUT2D eigenvalue weighted by molar-refractivity contribution is 6.99. The first-order chi connectivity index (χ1) is 13.8. The normalized spacial score (nSPS) is 14.5. The van der Waals surface area contributed by atoms with Gasteiger partial charge in [0.25, 0.3) is 8.32 Å². The van der Waals surface area contributed by atoms with Crippen molar-refractivity contribution in [1.82, 2.24) is 0 Å². The number of benzene rings is 2. The zero-order chi connectivity index (χ0) is 21.5. The van der Waals surface area contributed by atoms with Gasteiger partial charge in [0.2, 0.25) is 0 Å². The smallest absolute Gasteiger partial charge is 0.261 e. The first kappa shape index (κ1) is 23.0. The summed E-state index contributed by atoms with van der Waals surface area (Å²) >= 11 is 0. The topological polar surface area (TPSA) is 46.5 Å². The van der Waals surface area contributed by atoms with Crippen LogP contribution in [0.4, 0.5) is 0 Å². The van der Waals surface area contributed by atoms with Crippen LogP contribution in [0.3, 0.4) is 0 Å². The van der Waals surface area contributed by atoms with Crippen LogP contribution in [0.15, 0.2) is 85.0 Å². The lowest BCUT2D eigenvalue weighted by molar-refractivity contribution is -0.105. The van der Waals surface area contributed by atoms with Crippen molar-refractivity contribution in [2.24, 2.45) is 0 Å². The van der Waals surface area contributed by atoms with E-state index in [4.69, 9.17) is 4.43 Å². The van der Waals surface area contributed by atoms with Crippen molar-refractivity contribution < 1.29 is 14.3 Å². The van der Waals surface area contributed by atoms with E-state index in [1.165, 1.54) is 10.4 Å². The van der Waals surface area contributed by atoms with Gasteiger partial charge in [0.1, 0.15) is 6.29 Å². The number of carbonyl (C=O) groups is 1. The van der Waals surface area contributed by atoms with Crippen molar-refractivity contribution in [2.75, 3.05) is 0 Å².